The van der Waals surface area contributed by atoms with Gasteiger partial charge in [0.05, 0.1) is 21.3 Å². The van der Waals surface area contributed by atoms with Crippen molar-refractivity contribution in [1.29, 1.82) is 0 Å². The van der Waals surface area contributed by atoms with E-state index in [-0.39, 0.29) is 5.41 Å². The van der Waals surface area contributed by atoms with Crippen molar-refractivity contribution in [2.75, 3.05) is 21.3 Å². The molecule has 0 atom stereocenters. The molecule has 4 nitrogen and oxygen atoms in total. The summed E-state index contributed by atoms with van der Waals surface area (Å²) in [6, 6.07) is 20.8. The van der Waals surface area contributed by atoms with Crippen LogP contribution in [0, 0.1) is 0 Å². The summed E-state index contributed by atoms with van der Waals surface area (Å²) in [5.74, 6) is 2.48. The van der Waals surface area contributed by atoms with Crippen LogP contribution in [0.3, 0.4) is 0 Å². The predicted octanol–water partition coefficient (Wildman–Crippen LogP) is 8.25. The first-order valence-electron chi connectivity index (χ1n) is 13.3. The van der Waals surface area contributed by atoms with Crippen molar-refractivity contribution in [3.8, 4) is 45.3 Å². The summed E-state index contributed by atoms with van der Waals surface area (Å²) in [6.07, 6.45) is 8.56. The second kappa shape index (κ2) is 9.33. The molecule has 4 aromatic carbocycles. The molecule has 1 N–H and O–H groups in total. The number of phenols is 1. The fourth-order valence-electron chi connectivity index (χ4n) is 6.81. The summed E-state index contributed by atoms with van der Waals surface area (Å²) in [4.78, 5) is 0. The van der Waals surface area contributed by atoms with Crippen molar-refractivity contribution in [3.63, 3.8) is 0 Å². The van der Waals surface area contributed by atoms with Crippen LogP contribution in [0.25, 0.3) is 33.0 Å². The Morgan fingerprint density at radius 2 is 1.32 bits per heavy atom. The smallest absolute Gasteiger partial charge is 0.130 e. The molecule has 2 aliphatic carbocycles. The molecular formula is C33H34O4. The molecule has 0 unspecified atom stereocenters. The van der Waals surface area contributed by atoms with Gasteiger partial charge in [-0.05, 0) is 70.8 Å². The van der Waals surface area contributed by atoms with Crippen LogP contribution in [0.15, 0.2) is 60.7 Å². The topological polar surface area (TPSA) is 47.9 Å². The molecule has 1 saturated carbocycles. The minimum absolute atomic E-state index is 0.0386. The van der Waals surface area contributed by atoms with Crippen molar-refractivity contribution >= 4 is 10.8 Å². The van der Waals surface area contributed by atoms with E-state index in [1.54, 1.807) is 21.3 Å². The van der Waals surface area contributed by atoms with Gasteiger partial charge in [-0.25, -0.2) is 0 Å². The number of aromatic hydroxyl groups is 1. The van der Waals surface area contributed by atoms with E-state index >= 15 is 0 Å². The third-order valence-electron chi connectivity index (χ3n) is 8.57. The summed E-state index contributed by atoms with van der Waals surface area (Å²) in [5, 5.41) is 13.4. The molecule has 0 aromatic heterocycles. The molecule has 2 aliphatic rings. The number of hydrogen-bond acceptors (Lipinski definition) is 4. The molecule has 37 heavy (non-hydrogen) atoms. The highest BCUT2D eigenvalue weighted by atomic mass is 16.5. The summed E-state index contributed by atoms with van der Waals surface area (Å²) < 4.78 is 17.1. The number of benzene rings is 4. The van der Waals surface area contributed by atoms with E-state index in [9.17, 15) is 5.11 Å². The predicted molar refractivity (Wildman–Crippen MR) is 149 cm³/mol. The molecule has 0 amide bonds. The first kappa shape index (κ1) is 23.7. The first-order chi connectivity index (χ1) is 18.1. The summed E-state index contributed by atoms with van der Waals surface area (Å²) in [7, 11) is 5.00. The quantitative estimate of drug-likeness (QED) is 0.310. The van der Waals surface area contributed by atoms with E-state index in [2.05, 4.69) is 36.4 Å². The van der Waals surface area contributed by atoms with Crippen LogP contribution in [0.4, 0.5) is 0 Å². The highest BCUT2D eigenvalue weighted by Gasteiger charge is 2.43. The van der Waals surface area contributed by atoms with Gasteiger partial charge >= 0.3 is 0 Å². The fourth-order valence-corrected chi connectivity index (χ4v) is 6.81. The molecule has 4 heteroatoms. The highest BCUT2D eigenvalue weighted by Crippen LogP contribution is 2.58. The molecule has 1 spiro atoms. The Balaban J connectivity index is 1.63. The zero-order chi connectivity index (χ0) is 25.6. The molecule has 0 radical (unpaired) electrons. The average molecular weight is 495 g/mol. The number of fused-ring (bicyclic) bond motifs is 7. The number of rotatable bonds is 4. The zero-order valence-electron chi connectivity index (χ0n) is 21.9. The molecule has 0 saturated heterocycles. The van der Waals surface area contributed by atoms with Gasteiger partial charge < -0.3 is 19.3 Å². The van der Waals surface area contributed by atoms with Gasteiger partial charge in [0.15, 0.2) is 0 Å². The SMILES string of the molecule is COc1ccc(-c2cc3c(O)cc4c(c3cc2OC)-c2ccccc2C42CCCCCCC2)c(OC)c1. The Hall–Kier alpha value is -3.66. The molecule has 190 valence electrons. The Morgan fingerprint density at radius 1 is 0.622 bits per heavy atom. The highest BCUT2D eigenvalue weighted by molar-refractivity contribution is 6.07. The lowest BCUT2D eigenvalue weighted by atomic mass is 9.69. The van der Waals surface area contributed by atoms with Gasteiger partial charge in [0, 0.05) is 28.0 Å². The van der Waals surface area contributed by atoms with Crippen LogP contribution in [-0.2, 0) is 5.41 Å². The molecule has 0 aliphatic heterocycles. The maximum atomic E-state index is 11.5. The molecule has 1 fully saturated rings. The van der Waals surface area contributed by atoms with Crippen LogP contribution in [-0.4, -0.2) is 26.4 Å². The van der Waals surface area contributed by atoms with Crippen molar-refractivity contribution in [2.24, 2.45) is 0 Å². The van der Waals surface area contributed by atoms with Gasteiger partial charge in [-0.1, -0.05) is 56.4 Å². The van der Waals surface area contributed by atoms with Gasteiger partial charge in [0.2, 0.25) is 0 Å². The molecule has 0 heterocycles. The van der Waals surface area contributed by atoms with E-state index in [4.69, 9.17) is 14.2 Å². The lowest BCUT2D eigenvalue weighted by Crippen LogP contribution is -2.26. The van der Waals surface area contributed by atoms with Gasteiger partial charge in [-0.2, -0.15) is 0 Å². The van der Waals surface area contributed by atoms with Crippen LogP contribution in [0.2, 0.25) is 0 Å². The molecule has 0 bridgehead atoms. The first-order valence-corrected chi connectivity index (χ1v) is 13.3. The Morgan fingerprint density at radius 3 is 2.05 bits per heavy atom. The van der Waals surface area contributed by atoms with Crippen molar-refractivity contribution < 1.29 is 19.3 Å². The third kappa shape index (κ3) is 3.65. The lowest BCUT2D eigenvalue weighted by Gasteiger charge is -2.34. The van der Waals surface area contributed by atoms with Gasteiger partial charge in [-0.15, -0.1) is 0 Å². The van der Waals surface area contributed by atoms with E-state index in [1.807, 2.05) is 24.3 Å². The number of ether oxygens (including phenoxy) is 3. The fraction of sp³-hybridized carbons (Fsp3) is 0.333. The van der Waals surface area contributed by atoms with Crippen LogP contribution in [0.5, 0.6) is 23.0 Å². The van der Waals surface area contributed by atoms with E-state index in [1.165, 1.54) is 54.4 Å². The monoisotopic (exact) mass is 494 g/mol. The maximum absolute atomic E-state index is 11.5. The second-order valence-corrected chi connectivity index (χ2v) is 10.4. The van der Waals surface area contributed by atoms with Crippen LogP contribution >= 0.6 is 0 Å². The Bertz CT molecular complexity index is 1480. The van der Waals surface area contributed by atoms with Gasteiger partial charge in [-0.3, -0.25) is 0 Å². The average Bonchev–Trinajstić information content (AvgIpc) is 3.19. The minimum Gasteiger partial charge on any atom is -0.507 e. The van der Waals surface area contributed by atoms with Crippen molar-refractivity contribution in [3.05, 3.63) is 71.8 Å². The number of methoxy groups -OCH3 is 3. The van der Waals surface area contributed by atoms with Gasteiger partial charge in [0.25, 0.3) is 0 Å². The zero-order valence-corrected chi connectivity index (χ0v) is 21.9. The normalized spacial score (nSPS) is 16.1. The van der Waals surface area contributed by atoms with E-state index < -0.39 is 0 Å². The third-order valence-corrected chi connectivity index (χ3v) is 8.57. The maximum Gasteiger partial charge on any atom is 0.130 e. The second-order valence-electron chi connectivity index (χ2n) is 10.4. The standard InChI is InChI=1S/C33H34O4/c1-35-21-13-14-22(30(17-21)36-2)25-18-24-26(19-31(25)37-3)32-23-11-7-8-12-27(23)33(28(32)20-29(24)34)15-9-5-4-6-10-16-33/h7-8,11-14,17-20,34H,4-6,9-10,15-16H2,1-3H3. The van der Waals surface area contributed by atoms with Crippen LogP contribution in [0.1, 0.15) is 56.1 Å². The van der Waals surface area contributed by atoms with Gasteiger partial charge in [0.1, 0.15) is 23.0 Å². The molecular weight excluding hydrogens is 460 g/mol. The molecule has 4 aromatic rings. The summed E-state index contributed by atoms with van der Waals surface area (Å²) >= 11 is 0. The summed E-state index contributed by atoms with van der Waals surface area (Å²) in [5.41, 5.74) is 6.95. The Labute approximate surface area is 218 Å². The number of phenolic OH excluding ortho intramolecular Hbond substituents is 1. The molecule has 6 rings (SSSR count). The summed E-state index contributed by atoms with van der Waals surface area (Å²) in [6.45, 7) is 0. The lowest BCUT2D eigenvalue weighted by molar-refractivity contribution is 0.372. The minimum atomic E-state index is -0.0386. The van der Waals surface area contributed by atoms with E-state index in [0.29, 0.717) is 11.5 Å². The van der Waals surface area contributed by atoms with E-state index in [0.717, 1.165) is 46.2 Å². The number of hydrogen-bond donors (Lipinski definition) is 1. The Kier molecular flexibility index (Phi) is 5.98. The largest absolute Gasteiger partial charge is 0.507 e. The van der Waals surface area contributed by atoms with Crippen molar-refractivity contribution in [2.45, 2.75) is 50.4 Å². The van der Waals surface area contributed by atoms with Crippen molar-refractivity contribution in [1.82, 2.24) is 0 Å². The van der Waals surface area contributed by atoms with Crippen LogP contribution < -0.4 is 14.2 Å².